The maximum Gasteiger partial charge on any atom is 0.128 e. The number of hydrogen-bond donors (Lipinski definition) is 1. The number of nitrogens with one attached hydrogen (secondary N) is 1. The second-order valence-electron chi connectivity index (χ2n) is 4.61. The van der Waals surface area contributed by atoms with Crippen LogP contribution in [0.1, 0.15) is 18.9 Å². The monoisotopic (exact) mass is 302 g/mol. The van der Waals surface area contributed by atoms with Gasteiger partial charge in [-0.25, -0.2) is 4.39 Å². The highest BCUT2D eigenvalue weighted by Crippen LogP contribution is 2.15. The van der Waals surface area contributed by atoms with Gasteiger partial charge in [0.25, 0.3) is 0 Å². The van der Waals surface area contributed by atoms with Crippen molar-refractivity contribution < 1.29 is 4.39 Å². The summed E-state index contributed by atoms with van der Waals surface area (Å²) in [4.78, 5) is 2.15. The Bertz CT molecular complexity index is 355. The van der Waals surface area contributed by atoms with Crippen molar-refractivity contribution in [2.24, 2.45) is 0 Å². The molecule has 0 spiro atoms. The highest BCUT2D eigenvalue weighted by Gasteiger charge is 2.06. The van der Waals surface area contributed by atoms with Crippen LogP contribution in [0.4, 0.5) is 4.39 Å². The van der Waals surface area contributed by atoms with Crippen molar-refractivity contribution in [1.29, 1.82) is 0 Å². The van der Waals surface area contributed by atoms with E-state index < -0.39 is 0 Å². The summed E-state index contributed by atoms with van der Waals surface area (Å²) in [6.07, 6.45) is 1.06. The van der Waals surface area contributed by atoms with Gasteiger partial charge in [-0.15, -0.1) is 0 Å². The van der Waals surface area contributed by atoms with Crippen LogP contribution >= 0.6 is 15.9 Å². The molecule has 0 fully saturated rings. The molecular formula is C13H20BrFN2. The first-order chi connectivity index (χ1) is 7.99. The summed E-state index contributed by atoms with van der Waals surface area (Å²) in [6.45, 7) is 3.74. The average molecular weight is 303 g/mol. The Morgan fingerprint density at radius 2 is 2.12 bits per heavy atom. The topological polar surface area (TPSA) is 15.3 Å². The lowest BCUT2D eigenvalue weighted by Gasteiger charge is -2.17. The van der Waals surface area contributed by atoms with Gasteiger partial charge < -0.3 is 10.2 Å². The first kappa shape index (κ1) is 14.6. The fraction of sp³-hybridized carbons (Fsp3) is 0.538. The molecule has 1 unspecified atom stereocenters. The quantitative estimate of drug-likeness (QED) is 0.869. The molecule has 0 saturated heterocycles. The molecule has 17 heavy (non-hydrogen) atoms. The molecule has 1 aromatic rings. The second-order valence-corrected chi connectivity index (χ2v) is 5.53. The first-order valence-corrected chi connectivity index (χ1v) is 6.60. The molecule has 1 N–H and O–H groups in total. The largest absolute Gasteiger partial charge is 0.310 e. The van der Waals surface area contributed by atoms with Gasteiger partial charge in [0.1, 0.15) is 5.82 Å². The van der Waals surface area contributed by atoms with Crippen LogP contribution in [0.5, 0.6) is 0 Å². The summed E-state index contributed by atoms with van der Waals surface area (Å²) in [5.41, 5.74) is 0.713. The number of nitrogens with zero attached hydrogens (tertiary/aromatic N) is 1. The SMILES string of the molecule is CC(CCN(C)C)NCc1ccc(Br)cc1F. The lowest BCUT2D eigenvalue weighted by atomic mass is 10.2. The summed E-state index contributed by atoms with van der Waals surface area (Å²) in [6, 6.07) is 5.57. The molecule has 1 rings (SSSR count). The van der Waals surface area contributed by atoms with E-state index in [1.54, 1.807) is 0 Å². The van der Waals surface area contributed by atoms with Crippen LogP contribution in [0.25, 0.3) is 0 Å². The Morgan fingerprint density at radius 1 is 1.41 bits per heavy atom. The van der Waals surface area contributed by atoms with Gasteiger partial charge in [-0.2, -0.15) is 0 Å². The van der Waals surface area contributed by atoms with Crippen LogP contribution in [-0.2, 0) is 6.54 Å². The molecule has 0 aromatic heterocycles. The Kier molecular flexibility index (Phi) is 6.09. The van der Waals surface area contributed by atoms with Crippen LogP contribution in [0.3, 0.4) is 0 Å². The predicted molar refractivity (Wildman–Crippen MR) is 73.6 cm³/mol. The van der Waals surface area contributed by atoms with Crippen LogP contribution in [0.2, 0.25) is 0 Å². The molecule has 0 aliphatic rings. The van der Waals surface area contributed by atoms with Gasteiger partial charge in [0.2, 0.25) is 0 Å². The number of rotatable bonds is 6. The molecule has 4 heteroatoms. The molecule has 0 bridgehead atoms. The van der Waals surface area contributed by atoms with Gasteiger partial charge in [-0.3, -0.25) is 0 Å². The average Bonchev–Trinajstić information content (AvgIpc) is 2.25. The van der Waals surface area contributed by atoms with Crippen molar-refractivity contribution in [1.82, 2.24) is 10.2 Å². The lowest BCUT2D eigenvalue weighted by Crippen LogP contribution is -2.29. The van der Waals surface area contributed by atoms with Crippen molar-refractivity contribution >= 4 is 15.9 Å². The maximum absolute atomic E-state index is 13.5. The highest BCUT2D eigenvalue weighted by atomic mass is 79.9. The molecule has 1 aromatic carbocycles. The molecule has 1 atom stereocenters. The summed E-state index contributed by atoms with van der Waals surface area (Å²) >= 11 is 3.25. The molecule has 0 saturated carbocycles. The summed E-state index contributed by atoms with van der Waals surface area (Å²) in [7, 11) is 4.11. The predicted octanol–water partition coefficient (Wildman–Crippen LogP) is 3.02. The third-order valence-corrected chi connectivity index (χ3v) is 3.16. The van der Waals surface area contributed by atoms with E-state index in [9.17, 15) is 4.39 Å². The number of benzene rings is 1. The summed E-state index contributed by atoms with van der Waals surface area (Å²) < 4.78 is 14.3. The zero-order valence-corrected chi connectivity index (χ0v) is 12.2. The van der Waals surface area contributed by atoms with Crippen molar-refractivity contribution in [2.75, 3.05) is 20.6 Å². The summed E-state index contributed by atoms with van der Waals surface area (Å²) in [5, 5.41) is 3.33. The van der Waals surface area contributed by atoms with Crippen LogP contribution in [-0.4, -0.2) is 31.6 Å². The molecule has 2 nitrogen and oxygen atoms in total. The van der Waals surface area contributed by atoms with Crippen molar-refractivity contribution in [3.8, 4) is 0 Å². The minimum atomic E-state index is -0.160. The molecule has 0 radical (unpaired) electrons. The molecule has 0 heterocycles. The lowest BCUT2D eigenvalue weighted by molar-refractivity contribution is 0.365. The number of halogens is 2. The second kappa shape index (κ2) is 7.09. The van der Waals surface area contributed by atoms with E-state index in [-0.39, 0.29) is 5.82 Å². The minimum absolute atomic E-state index is 0.160. The van der Waals surface area contributed by atoms with Gasteiger partial charge in [0, 0.05) is 22.6 Å². The van der Waals surface area contributed by atoms with Gasteiger partial charge >= 0.3 is 0 Å². The smallest absolute Gasteiger partial charge is 0.128 e. The van der Waals surface area contributed by atoms with E-state index in [0.717, 1.165) is 17.4 Å². The van der Waals surface area contributed by atoms with E-state index in [1.165, 1.54) is 6.07 Å². The Morgan fingerprint density at radius 3 is 2.71 bits per heavy atom. The molecule has 96 valence electrons. The Balaban J connectivity index is 2.39. The van der Waals surface area contributed by atoms with Crippen molar-refractivity contribution in [3.05, 3.63) is 34.1 Å². The molecule has 0 amide bonds. The van der Waals surface area contributed by atoms with E-state index in [4.69, 9.17) is 0 Å². The van der Waals surface area contributed by atoms with Gasteiger partial charge in [0.05, 0.1) is 0 Å². The van der Waals surface area contributed by atoms with Gasteiger partial charge in [-0.1, -0.05) is 22.0 Å². The third kappa shape index (κ3) is 5.61. The van der Waals surface area contributed by atoms with Crippen LogP contribution < -0.4 is 5.32 Å². The molecular weight excluding hydrogens is 283 g/mol. The third-order valence-electron chi connectivity index (χ3n) is 2.67. The zero-order chi connectivity index (χ0) is 12.8. The fourth-order valence-corrected chi connectivity index (χ4v) is 1.84. The fourth-order valence-electron chi connectivity index (χ4n) is 1.50. The van der Waals surface area contributed by atoms with E-state index in [2.05, 4.69) is 47.2 Å². The van der Waals surface area contributed by atoms with Crippen molar-refractivity contribution in [3.63, 3.8) is 0 Å². The van der Waals surface area contributed by atoms with E-state index in [0.29, 0.717) is 18.2 Å². The Hall–Kier alpha value is -0.450. The first-order valence-electron chi connectivity index (χ1n) is 5.81. The van der Waals surface area contributed by atoms with E-state index in [1.807, 2.05) is 12.1 Å². The molecule has 0 aliphatic heterocycles. The summed E-state index contributed by atoms with van der Waals surface area (Å²) in [5.74, 6) is -0.160. The maximum atomic E-state index is 13.5. The van der Waals surface area contributed by atoms with Gasteiger partial charge in [-0.05, 0) is 46.1 Å². The standard InChI is InChI=1S/C13H20BrFN2/c1-10(6-7-17(2)3)16-9-11-4-5-12(14)8-13(11)15/h4-5,8,10,16H,6-7,9H2,1-3H3. The van der Waals surface area contributed by atoms with E-state index >= 15 is 0 Å². The highest BCUT2D eigenvalue weighted by molar-refractivity contribution is 9.10. The number of hydrogen-bond acceptors (Lipinski definition) is 2. The Labute approximate surface area is 111 Å². The van der Waals surface area contributed by atoms with Crippen molar-refractivity contribution in [2.45, 2.75) is 25.9 Å². The van der Waals surface area contributed by atoms with Crippen LogP contribution in [0, 0.1) is 5.82 Å². The normalized spacial score (nSPS) is 13.1. The van der Waals surface area contributed by atoms with Crippen LogP contribution in [0.15, 0.2) is 22.7 Å². The molecule has 0 aliphatic carbocycles. The van der Waals surface area contributed by atoms with Gasteiger partial charge in [0.15, 0.2) is 0 Å². The minimum Gasteiger partial charge on any atom is -0.310 e. The zero-order valence-electron chi connectivity index (χ0n) is 10.6.